The molecule has 2 rings (SSSR count). The molecule has 0 aliphatic heterocycles. The van der Waals surface area contributed by atoms with Crippen LogP contribution in [0.5, 0.6) is 0 Å². The Morgan fingerprint density at radius 1 is 1.35 bits per heavy atom. The third-order valence-corrected chi connectivity index (χ3v) is 3.43. The van der Waals surface area contributed by atoms with Gasteiger partial charge in [-0.05, 0) is 30.5 Å². The van der Waals surface area contributed by atoms with E-state index in [9.17, 15) is 13.2 Å². The Morgan fingerprint density at radius 2 is 2.00 bits per heavy atom. The van der Waals surface area contributed by atoms with Gasteiger partial charge in [0.25, 0.3) is 0 Å². The Balaban J connectivity index is 2.38. The van der Waals surface area contributed by atoms with E-state index in [1.807, 2.05) is 0 Å². The molecule has 94 valence electrons. The van der Waals surface area contributed by atoms with Crippen LogP contribution in [-0.4, -0.2) is 6.61 Å². The summed E-state index contributed by atoms with van der Waals surface area (Å²) in [7, 11) is 0. The molecule has 2 N–H and O–H groups in total. The fourth-order valence-electron chi connectivity index (χ4n) is 1.90. The van der Waals surface area contributed by atoms with Crippen LogP contribution in [0, 0.1) is 0 Å². The van der Waals surface area contributed by atoms with Gasteiger partial charge < -0.3 is 4.84 Å². The van der Waals surface area contributed by atoms with Crippen molar-refractivity contribution in [3.63, 3.8) is 0 Å². The summed E-state index contributed by atoms with van der Waals surface area (Å²) < 4.78 is 38.0. The van der Waals surface area contributed by atoms with Gasteiger partial charge in [-0.2, -0.15) is 13.2 Å². The van der Waals surface area contributed by atoms with Gasteiger partial charge in [0.05, 0.1) is 17.2 Å². The van der Waals surface area contributed by atoms with Gasteiger partial charge in [0.1, 0.15) is 0 Å². The summed E-state index contributed by atoms with van der Waals surface area (Å²) in [5, 5.41) is -0.286. The lowest BCUT2D eigenvalue weighted by Crippen LogP contribution is -2.19. The van der Waals surface area contributed by atoms with Crippen molar-refractivity contribution >= 4 is 11.6 Å². The smallest absolute Gasteiger partial charge is 0.304 e. The first-order valence-electron chi connectivity index (χ1n) is 5.08. The molecule has 0 saturated heterocycles. The van der Waals surface area contributed by atoms with E-state index in [0.717, 1.165) is 18.9 Å². The fourth-order valence-corrected chi connectivity index (χ4v) is 2.12. The molecule has 0 amide bonds. The lowest BCUT2D eigenvalue weighted by molar-refractivity contribution is -0.137. The molecule has 17 heavy (non-hydrogen) atoms. The Morgan fingerprint density at radius 3 is 2.47 bits per heavy atom. The standard InChI is InChI=1S/C11H11ClF3NO/c12-9-2-1-7(5-8(9)11(13,14)15)10(3-4-10)6-17-16/h1-2,5H,3-4,6,16H2. The highest BCUT2D eigenvalue weighted by molar-refractivity contribution is 6.31. The summed E-state index contributed by atoms with van der Waals surface area (Å²) in [4.78, 5) is 4.57. The number of hydrogen-bond acceptors (Lipinski definition) is 2. The third kappa shape index (κ3) is 2.41. The van der Waals surface area contributed by atoms with Crippen LogP contribution in [0.15, 0.2) is 18.2 Å². The van der Waals surface area contributed by atoms with E-state index in [2.05, 4.69) is 4.84 Å². The average molecular weight is 266 g/mol. The van der Waals surface area contributed by atoms with Crippen LogP contribution in [0.4, 0.5) is 13.2 Å². The molecule has 0 atom stereocenters. The minimum absolute atomic E-state index is 0.228. The first-order chi connectivity index (χ1) is 7.89. The van der Waals surface area contributed by atoms with Gasteiger partial charge in [0.15, 0.2) is 0 Å². The van der Waals surface area contributed by atoms with Crippen molar-refractivity contribution in [3.8, 4) is 0 Å². The van der Waals surface area contributed by atoms with E-state index in [1.54, 1.807) is 6.07 Å². The highest BCUT2D eigenvalue weighted by Gasteiger charge is 2.46. The molecule has 0 unspecified atom stereocenters. The predicted molar refractivity (Wildman–Crippen MR) is 57.5 cm³/mol. The SMILES string of the molecule is NOCC1(c2ccc(Cl)c(C(F)(F)F)c2)CC1. The molecule has 6 heteroatoms. The second-order valence-corrected chi connectivity index (χ2v) is 4.69. The number of rotatable bonds is 3. The van der Waals surface area contributed by atoms with Crippen LogP contribution in [-0.2, 0) is 16.4 Å². The number of halogens is 4. The molecule has 2 nitrogen and oxygen atoms in total. The molecule has 0 bridgehead atoms. The Bertz CT molecular complexity index is 429. The fraction of sp³-hybridized carbons (Fsp3) is 0.455. The van der Waals surface area contributed by atoms with Gasteiger partial charge in [-0.15, -0.1) is 0 Å². The average Bonchev–Trinajstić information content (AvgIpc) is 2.98. The second kappa shape index (κ2) is 4.15. The zero-order valence-electron chi connectivity index (χ0n) is 8.85. The molecular weight excluding hydrogens is 255 g/mol. The normalized spacial score (nSPS) is 18.2. The van der Waals surface area contributed by atoms with E-state index in [4.69, 9.17) is 17.5 Å². The van der Waals surface area contributed by atoms with Gasteiger partial charge in [0.2, 0.25) is 0 Å². The first-order valence-corrected chi connectivity index (χ1v) is 5.46. The molecule has 1 aromatic carbocycles. The zero-order chi connectivity index (χ0) is 12.7. The van der Waals surface area contributed by atoms with Crippen LogP contribution in [0.25, 0.3) is 0 Å². The molecule has 1 fully saturated rings. The molecule has 1 aliphatic carbocycles. The molecule has 0 spiro atoms. The molecule has 1 aromatic rings. The molecular formula is C11H11ClF3NO. The van der Waals surface area contributed by atoms with E-state index >= 15 is 0 Å². The van der Waals surface area contributed by atoms with Crippen molar-refractivity contribution in [2.45, 2.75) is 24.4 Å². The summed E-state index contributed by atoms with van der Waals surface area (Å²) in [6.07, 6.45) is -2.88. The first kappa shape index (κ1) is 12.7. The largest absolute Gasteiger partial charge is 0.417 e. The maximum Gasteiger partial charge on any atom is 0.417 e. The number of nitrogens with two attached hydrogens (primary N) is 1. The van der Waals surface area contributed by atoms with Crippen molar-refractivity contribution in [2.24, 2.45) is 5.90 Å². The van der Waals surface area contributed by atoms with E-state index in [1.165, 1.54) is 6.07 Å². The summed E-state index contributed by atoms with van der Waals surface area (Å²) >= 11 is 5.55. The Labute approximate surface area is 101 Å². The monoisotopic (exact) mass is 265 g/mol. The van der Waals surface area contributed by atoms with Gasteiger partial charge in [0, 0.05) is 5.41 Å². The van der Waals surface area contributed by atoms with Crippen molar-refractivity contribution in [2.75, 3.05) is 6.61 Å². The lowest BCUT2D eigenvalue weighted by atomic mass is 9.95. The van der Waals surface area contributed by atoms with E-state index in [0.29, 0.717) is 5.56 Å². The van der Waals surface area contributed by atoms with Crippen molar-refractivity contribution in [1.29, 1.82) is 0 Å². The molecule has 0 radical (unpaired) electrons. The summed E-state index contributed by atoms with van der Waals surface area (Å²) in [6.45, 7) is 0.228. The summed E-state index contributed by atoms with van der Waals surface area (Å²) in [5.74, 6) is 5.00. The van der Waals surface area contributed by atoms with Crippen LogP contribution < -0.4 is 5.90 Å². The zero-order valence-corrected chi connectivity index (χ0v) is 9.61. The molecule has 1 saturated carbocycles. The quantitative estimate of drug-likeness (QED) is 0.851. The Kier molecular flexibility index (Phi) is 3.10. The van der Waals surface area contributed by atoms with Crippen LogP contribution in [0.1, 0.15) is 24.0 Å². The van der Waals surface area contributed by atoms with E-state index in [-0.39, 0.29) is 17.0 Å². The van der Waals surface area contributed by atoms with Gasteiger partial charge >= 0.3 is 6.18 Å². The highest BCUT2D eigenvalue weighted by Crippen LogP contribution is 2.49. The van der Waals surface area contributed by atoms with Crippen LogP contribution in [0.2, 0.25) is 5.02 Å². The number of hydrogen-bond donors (Lipinski definition) is 1. The minimum Gasteiger partial charge on any atom is -0.304 e. The molecule has 1 aliphatic rings. The van der Waals surface area contributed by atoms with Gasteiger partial charge in [-0.25, -0.2) is 5.90 Å². The topological polar surface area (TPSA) is 35.2 Å². The van der Waals surface area contributed by atoms with Gasteiger partial charge in [-0.1, -0.05) is 17.7 Å². The summed E-state index contributed by atoms with van der Waals surface area (Å²) in [5.41, 5.74) is -0.584. The third-order valence-electron chi connectivity index (χ3n) is 3.10. The van der Waals surface area contributed by atoms with E-state index < -0.39 is 11.7 Å². The summed E-state index contributed by atoms with van der Waals surface area (Å²) in [6, 6.07) is 3.97. The maximum atomic E-state index is 12.7. The van der Waals surface area contributed by atoms with Crippen LogP contribution >= 0.6 is 11.6 Å². The highest BCUT2D eigenvalue weighted by atomic mass is 35.5. The second-order valence-electron chi connectivity index (χ2n) is 4.28. The predicted octanol–water partition coefficient (Wildman–Crippen LogP) is 3.28. The Hall–Kier alpha value is -0.780. The number of benzene rings is 1. The van der Waals surface area contributed by atoms with Gasteiger partial charge in [-0.3, -0.25) is 0 Å². The van der Waals surface area contributed by atoms with Crippen molar-refractivity contribution in [3.05, 3.63) is 34.3 Å². The molecule has 0 aromatic heterocycles. The maximum absolute atomic E-state index is 12.7. The number of alkyl halides is 3. The van der Waals surface area contributed by atoms with Crippen molar-refractivity contribution < 1.29 is 18.0 Å². The van der Waals surface area contributed by atoms with Crippen LogP contribution in [0.3, 0.4) is 0 Å². The lowest BCUT2D eigenvalue weighted by Gasteiger charge is -2.17. The molecule has 0 heterocycles. The minimum atomic E-state index is -4.44. The van der Waals surface area contributed by atoms with Crippen molar-refractivity contribution in [1.82, 2.24) is 0 Å².